The predicted octanol–water partition coefficient (Wildman–Crippen LogP) is 3.35. The molecule has 15 heavy (non-hydrogen) atoms. The quantitative estimate of drug-likeness (QED) is 0.829. The molecule has 0 aromatic heterocycles. The monoisotopic (exact) mass is 225 g/mol. The lowest BCUT2D eigenvalue weighted by Crippen LogP contribution is -2.32. The molecule has 0 amide bonds. The van der Waals surface area contributed by atoms with Crippen LogP contribution in [0, 0.1) is 0 Å². The minimum absolute atomic E-state index is 0. The first-order chi connectivity index (χ1) is 6.82. The second-order valence-corrected chi connectivity index (χ2v) is 4.21. The van der Waals surface area contributed by atoms with Gasteiger partial charge in [0.15, 0.2) is 0 Å². The summed E-state index contributed by atoms with van der Waals surface area (Å²) in [5, 5.41) is 3.63. The molecule has 1 aromatic rings. The lowest BCUT2D eigenvalue weighted by molar-refractivity contribution is 0.484. The van der Waals surface area contributed by atoms with Gasteiger partial charge in [0, 0.05) is 11.5 Å². The Morgan fingerprint density at radius 1 is 1.27 bits per heavy atom. The third kappa shape index (κ3) is 2.35. The summed E-state index contributed by atoms with van der Waals surface area (Å²) in [6, 6.07) is 10.9. The Balaban J connectivity index is 0.00000112. The Bertz CT molecular complexity index is 299. The van der Waals surface area contributed by atoms with Crippen LogP contribution in [0.4, 0.5) is 0 Å². The molecular formula is C13H20ClN. The van der Waals surface area contributed by atoms with Crippen molar-refractivity contribution in [1.29, 1.82) is 0 Å². The Morgan fingerprint density at radius 3 is 2.47 bits per heavy atom. The standard InChI is InChI=1S/C13H19N.ClH/c1-3-13(14-4-2)10-12(13)11-8-6-5-7-9-11;/h5-9,12,14H,3-4,10H2,1-2H3;1H. The van der Waals surface area contributed by atoms with E-state index in [1.54, 1.807) is 0 Å². The molecule has 0 aliphatic heterocycles. The van der Waals surface area contributed by atoms with Gasteiger partial charge in [-0.15, -0.1) is 12.4 Å². The highest BCUT2D eigenvalue weighted by Gasteiger charge is 2.52. The van der Waals surface area contributed by atoms with Crippen LogP contribution in [0.15, 0.2) is 30.3 Å². The highest BCUT2D eigenvalue weighted by Crippen LogP contribution is 2.53. The fourth-order valence-corrected chi connectivity index (χ4v) is 2.49. The maximum Gasteiger partial charge on any atom is 0.0254 e. The third-order valence-electron chi connectivity index (χ3n) is 3.44. The molecule has 2 atom stereocenters. The van der Waals surface area contributed by atoms with Crippen LogP contribution >= 0.6 is 12.4 Å². The fourth-order valence-electron chi connectivity index (χ4n) is 2.49. The number of halogens is 1. The summed E-state index contributed by atoms with van der Waals surface area (Å²) in [5.74, 6) is 0.744. The third-order valence-corrected chi connectivity index (χ3v) is 3.44. The lowest BCUT2D eigenvalue weighted by Gasteiger charge is -2.16. The van der Waals surface area contributed by atoms with Crippen LogP contribution in [0.2, 0.25) is 0 Å². The number of hydrogen-bond donors (Lipinski definition) is 1. The number of benzene rings is 1. The molecule has 1 aromatic carbocycles. The molecule has 1 N–H and O–H groups in total. The number of rotatable bonds is 4. The summed E-state index contributed by atoms with van der Waals surface area (Å²) in [5.41, 5.74) is 1.91. The van der Waals surface area contributed by atoms with E-state index < -0.39 is 0 Å². The van der Waals surface area contributed by atoms with Gasteiger partial charge in [-0.3, -0.25) is 0 Å². The van der Waals surface area contributed by atoms with Gasteiger partial charge in [-0.05, 0) is 24.9 Å². The first-order valence-corrected chi connectivity index (χ1v) is 5.62. The zero-order valence-electron chi connectivity index (χ0n) is 9.49. The molecule has 1 saturated carbocycles. The van der Waals surface area contributed by atoms with E-state index in [0.29, 0.717) is 5.54 Å². The van der Waals surface area contributed by atoms with Crippen molar-refractivity contribution in [3.05, 3.63) is 35.9 Å². The molecule has 0 saturated heterocycles. The molecule has 0 bridgehead atoms. The second kappa shape index (κ2) is 5.00. The van der Waals surface area contributed by atoms with Crippen molar-refractivity contribution in [1.82, 2.24) is 5.32 Å². The second-order valence-electron chi connectivity index (χ2n) is 4.21. The molecule has 1 aliphatic rings. The van der Waals surface area contributed by atoms with Gasteiger partial charge in [0.2, 0.25) is 0 Å². The first-order valence-electron chi connectivity index (χ1n) is 5.62. The summed E-state index contributed by atoms with van der Waals surface area (Å²) in [6.45, 7) is 5.56. The highest BCUT2D eigenvalue weighted by molar-refractivity contribution is 5.85. The average Bonchev–Trinajstić information content (AvgIpc) is 2.95. The molecular weight excluding hydrogens is 206 g/mol. The van der Waals surface area contributed by atoms with Crippen molar-refractivity contribution in [2.75, 3.05) is 6.54 Å². The zero-order chi connectivity index (χ0) is 10.0. The molecule has 0 heterocycles. The Morgan fingerprint density at radius 2 is 1.93 bits per heavy atom. The molecule has 1 nitrogen and oxygen atoms in total. The number of likely N-dealkylation sites (N-methyl/N-ethyl adjacent to an activating group) is 1. The maximum absolute atomic E-state index is 3.63. The Labute approximate surface area is 98.7 Å². The van der Waals surface area contributed by atoms with E-state index in [-0.39, 0.29) is 12.4 Å². The van der Waals surface area contributed by atoms with Gasteiger partial charge in [0.1, 0.15) is 0 Å². The molecule has 0 radical (unpaired) electrons. The molecule has 2 rings (SSSR count). The molecule has 0 spiro atoms. The van der Waals surface area contributed by atoms with E-state index in [4.69, 9.17) is 0 Å². The van der Waals surface area contributed by atoms with Crippen LogP contribution in [0.25, 0.3) is 0 Å². The van der Waals surface area contributed by atoms with Crippen molar-refractivity contribution in [3.8, 4) is 0 Å². The lowest BCUT2D eigenvalue weighted by atomic mass is 10.0. The van der Waals surface area contributed by atoms with E-state index in [0.717, 1.165) is 12.5 Å². The van der Waals surface area contributed by atoms with E-state index in [2.05, 4.69) is 49.5 Å². The molecule has 84 valence electrons. The van der Waals surface area contributed by atoms with Gasteiger partial charge in [-0.1, -0.05) is 44.2 Å². The highest BCUT2D eigenvalue weighted by atomic mass is 35.5. The van der Waals surface area contributed by atoms with Crippen LogP contribution in [-0.4, -0.2) is 12.1 Å². The summed E-state index contributed by atoms with van der Waals surface area (Å²) in [7, 11) is 0. The molecule has 1 aliphatic carbocycles. The largest absolute Gasteiger partial charge is 0.311 e. The van der Waals surface area contributed by atoms with Gasteiger partial charge in [-0.2, -0.15) is 0 Å². The van der Waals surface area contributed by atoms with Crippen LogP contribution in [-0.2, 0) is 0 Å². The maximum atomic E-state index is 3.63. The van der Waals surface area contributed by atoms with Crippen molar-refractivity contribution in [3.63, 3.8) is 0 Å². The van der Waals surface area contributed by atoms with E-state index in [1.165, 1.54) is 18.4 Å². The van der Waals surface area contributed by atoms with Gasteiger partial charge < -0.3 is 5.32 Å². The van der Waals surface area contributed by atoms with E-state index in [1.807, 2.05) is 0 Å². The van der Waals surface area contributed by atoms with Gasteiger partial charge >= 0.3 is 0 Å². The minimum atomic E-state index is 0. The summed E-state index contributed by atoms with van der Waals surface area (Å²) in [4.78, 5) is 0. The number of nitrogens with one attached hydrogen (secondary N) is 1. The Hall–Kier alpha value is -0.530. The minimum Gasteiger partial charge on any atom is -0.311 e. The van der Waals surface area contributed by atoms with Crippen LogP contribution in [0.5, 0.6) is 0 Å². The SMILES string of the molecule is CCNC1(CC)CC1c1ccccc1.Cl. The van der Waals surface area contributed by atoms with Crippen molar-refractivity contribution in [2.45, 2.75) is 38.1 Å². The summed E-state index contributed by atoms with van der Waals surface area (Å²) < 4.78 is 0. The first kappa shape index (κ1) is 12.5. The van der Waals surface area contributed by atoms with Crippen molar-refractivity contribution < 1.29 is 0 Å². The van der Waals surface area contributed by atoms with Crippen LogP contribution < -0.4 is 5.32 Å². The smallest absolute Gasteiger partial charge is 0.0254 e. The number of hydrogen-bond acceptors (Lipinski definition) is 1. The summed E-state index contributed by atoms with van der Waals surface area (Å²) in [6.07, 6.45) is 2.54. The molecule has 1 fully saturated rings. The Kier molecular flexibility index (Phi) is 4.18. The van der Waals surface area contributed by atoms with Crippen molar-refractivity contribution in [2.24, 2.45) is 0 Å². The van der Waals surface area contributed by atoms with Gasteiger partial charge in [0.05, 0.1) is 0 Å². The van der Waals surface area contributed by atoms with Crippen molar-refractivity contribution >= 4 is 12.4 Å². The molecule has 2 unspecified atom stereocenters. The topological polar surface area (TPSA) is 12.0 Å². The normalized spacial score (nSPS) is 28.3. The fraction of sp³-hybridized carbons (Fsp3) is 0.538. The zero-order valence-corrected chi connectivity index (χ0v) is 10.3. The summed E-state index contributed by atoms with van der Waals surface area (Å²) >= 11 is 0. The average molecular weight is 226 g/mol. The predicted molar refractivity (Wildman–Crippen MR) is 67.7 cm³/mol. The van der Waals surface area contributed by atoms with Gasteiger partial charge in [-0.25, -0.2) is 0 Å². The van der Waals surface area contributed by atoms with Gasteiger partial charge in [0.25, 0.3) is 0 Å². The van der Waals surface area contributed by atoms with Crippen LogP contribution in [0.3, 0.4) is 0 Å². The van der Waals surface area contributed by atoms with Crippen LogP contribution in [0.1, 0.15) is 38.2 Å². The van der Waals surface area contributed by atoms with E-state index >= 15 is 0 Å². The molecule has 2 heteroatoms. The van der Waals surface area contributed by atoms with E-state index in [9.17, 15) is 0 Å².